The number of hydrogen-bond donors (Lipinski definition) is 0. The van der Waals surface area contributed by atoms with Gasteiger partial charge in [0.1, 0.15) is 5.75 Å². The van der Waals surface area contributed by atoms with Gasteiger partial charge in [0.15, 0.2) is 0 Å². The van der Waals surface area contributed by atoms with Crippen molar-refractivity contribution >= 4 is 0 Å². The first-order valence-electron chi connectivity index (χ1n) is 5.09. The van der Waals surface area contributed by atoms with Gasteiger partial charge in [-0.2, -0.15) is 0 Å². The molecule has 0 atom stereocenters. The Morgan fingerprint density at radius 1 is 1.20 bits per heavy atom. The summed E-state index contributed by atoms with van der Waals surface area (Å²) in [6.07, 6.45) is 0. The molecule has 0 unspecified atom stereocenters. The van der Waals surface area contributed by atoms with Crippen molar-refractivity contribution < 1.29 is 13.5 Å². The molecule has 0 amide bonds. The zero-order valence-electron chi connectivity index (χ0n) is 9.26. The lowest BCUT2D eigenvalue weighted by molar-refractivity contribution is -0.0514. The summed E-state index contributed by atoms with van der Waals surface area (Å²) in [6.45, 7) is 5.42. The molecule has 0 aliphatic heterocycles. The van der Waals surface area contributed by atoms with Gasteiger partial charge in [-0.3, -0.25) is 0 Å². The minimum Gasteiger partial charge on any atom is -0.494 e. The van der Waals surface area contributed by atoms with E-state index in [0.29, 0.717) is 12.4 Å². The van der Waals surface area contributed by atoms with Gasteiger partial charge in [-0.25, -0.2) is 8.78 Å². The van der Waals surface area contributed by atoms with E-state index in [1.165, 1.54) is 26.0 Å². The third-order valence-electron chi connectivity index (χ3n) is 2.28. The fraction of sp³-hybridized carbons (Fsp3) is 0.500. The van der Waals surface area contributed by atoms with Crippen LogP contribution in [-0.2, 0) is 5.92 Å². The van der Waals surface area contributed by atoms with Crippen molar-refractivity contribution in [3.8, 4) is 5.75 Å². The van der Waals surface area contributed by atoms with Crippen LogP contribution in [-0.4, -0.2) is 6.61 Å². The summed E-state index contributed by atoms with van der Waals surface area (Å²) in [6, 6.07) is 6.00. The van der Waals surface area contributed by atoms with Crippen molar-refractivity contribution in [2.24, 2.45) is 5.92 Å². The van der Waals surface area contributed by atoms with Gasteiger partial charge < -0.3 is 4.74 Å². The largest absolute Gasteiger partial charge is 0.494 e. The van der Waals surface area contributed by atoms with Crippen molar-refractivity contribution in [3.05, 3.63) is 29.8 Å². The Labute approximate surface area is 89.1 Å². The van der Waals surface area contributed by atoms with Gasteiger partial charge in [0, 0.05) is 11.5 Å². The minimum atomic E-state index is -2.77. The molecule has 0 saturated carbocycles. The Hall–Kier alpha value is -1.12. The quantitative estimate of drug-likeness (QED) is 0.740. The first kappa shape index (κ1) is 12.0. The third kappa shape index (κ3) is 2.67. The van der Waals surface area contributed by atoms with Crippen molar-refractivity contribution in [2.45, 2.75) is 26.7 Å². The average molecular weight is 214 g/mol. The molecule has 1 aromatic rings. The second kappa shape index (κ2) is 4.60. The van der Waals surface area contributed by atoms with E-state index in [2.05, 4.69) is 0 Å². The zero-order valence-corrected chi connectivity index (χ0v) is 9.26. The Balaban J connectivity index is 2.88. The highest BCUT2D eigenvalue weighted by Gasteiger charge is 2.35. The van der Waals surface area contributed by atoms with Gasteiger partial charge >= 0.3 is 0 Å². The fourth-order valence-corrected chi connectivity index (χ4v) is 1.27. The van der Waals surface area contributed by atoms with E-state index in [9.17, 15) is 8.78 Å². The average Bonchev–Trinajstić information content (AvgIpc) is 2.19. The predicted molar refractivity (Wildman–Crippen MR) is 56.3 cm³/mol. The molecule has 0 N–H and O–H groups in total. The standard InChI is InChI=1S/C12H16F2O/c1-4-15-11-7-5-10(6-8-11)12(13,14)9(2)3/h5-9H,4H2,1-3H3. The third-order valence-corrected chi connectivity index (χ3v) is 2.28. The molecule has 1 rings (SSSR count). The lowest BCUT2D eigenvalue weighted by atomic mass is 9.98. The van der Waals surface area contributed by atoms with Crippen molar-refractivity contribution in [3.63, 3.8) is 0 Å². The SMILES string of the molecule is CCOc1ccc(C(F)(F)C(C)C)cc1. The number of rotatable bonds is 4. The lowest BCUT2D eigenvalue weighted by Crippen LogP contribution is -2.20. The molecular formula is C12H16F2O. The summed E-state index contributed by atoms with van der Waals surface area (Å²) in [5.41, 5.74) is 0.0425. The van der Waals surface area contributed by atoms with Gasteiger partial charge in [0.25, 0.3) is 5.92 Å². The van der Waals surface area contributed by atoms with Gasteiger partial charge in [0.2, 0.25) is 0 Å². The van der Waals surface area contributed by atoms with Crippen molar-refractivity contribution in [2.75, 3.05) is 6.61 Å². The van der Waals surface area contributed by atoms with Crippen molar-refractivity contribution in [1.82, 2.24) is 0 Å². The summed E-state index contributed by atoms with van der Waals surface area (Å²) in [4.78, 5) is 0. The van der Waals surface area contributed by atoms with Gasteiger partial charge in [-0.05, 0) is 31.2 Å². The molecule has 84 valence electrons. The minimum absolute atomic E-state index is 0.0425. The summed E-state index contributed by atoms with van der Waals surface area (Å²) >= 11 is 0. The number of hydrogen-bond acceptors (Lipinski definition) is 1. The molecule has 0 heterocycles. The molecule has 0 aliphatic rings. The van der Waals surface area contributed by atoms with Gasteiger partial charge in [0.05, 0.1) is 6.61 Å². The number of alkyl halides is 2. The molecule has 0 aromatic heterocycles. The van der Waals surface area contributed by atoms with E-state index in [1.807, 2.05) is 6.92 Å². The van der Waals surface area contributed by atoms with Crippen LogP contribution in [0.3, 0.4) is 0 Å². The molecule has 3 heteroatoms. The van der Waals surface area contributed by atoms with Crippen LogP contribution in [0.2, 0.25) is 0 Å². The summed E-state index contributed by atoms with van der Waals surface area (Å²) < 4.78 is 32.3. The maximum absolute atomic E-state index is 13.6. The Morgan fingerprint density at radius 3 is 2.13 bits per heavy atom. The van der Waals surface area contributed by atoms with E-state index in [-0.39, 0.29) is 5.56 Å². The van der Waals surface area contributed by atoms with E-state index in [1.54, 1.807) is 12.1 Å². The number of halogens is 2. The highest BCUT2D eigenvalue weighted by Crippen LogP contribution is 2.36. The smallest absolute Gasteiger partial charge is 0.275 e. The molecule has 1 aromatic carbocycles. The highest BCUT2D eigenvalue weighted by atomic mass is 19.3. The Kier molecular flexibility index (Phi) is 3.66. The number of ether oxygens (including phenoxy) is 1. The maximum Gasteiger partial charge on any atom is 0.275 e. The predicted octanol–water partition coefficient (Wildman–Crippen LogP) is 3.83. The molecule has 0 bridgehead atoms. The fourth-order valence-electron chi connectivity index (χ4n) is 1.27. The molecule has 1 nitrogen and oxygen atoms in total. The van der Waals surface area contributed by atoms with E-state index >= 15 is 0 Å². The van der Waals surface area contributed by atoms with Crippen LogP contribution < -0.4 is 4.74 Å². The molecule has 0 saturated heterocycles. The topological polar surface area (TPSA) is 9.23 Å². The Morgan fingerprint density at radius 2 is 1.73 bits per heavy atom. The summed E-state index contributed by atoms with van der Waals surface area (Å²) in [5, 5.41) is 0. The van der Waals surface area contributed by atoms with Gasteiger partial charge in [-0.15, -0.1) is 0 Å². The normalized spacial score (nSPS) is 11.9. The molecule has 0 radical (unpaired) electrons. The monoisotopic (exact) mass is 214 g/mol. The molecule has 0 fully saturated rings. The first-order chi connectivity index (χ1) is 6.98. The highest BCUT2D eigenvalue weighted by molar-refractivity contribution is 5.30. The molecule has 0 spiro atoms. The molecule has 15 heavy (non-hydrogen) atoms. The van der Waals surface area contributed by atoms with Crippen LogP contribution in [0.4, 0.5) is 8.78 Å². The summed E-state index contributed by atoms with van der Waals surface area (Å²) in [7, 11) is 0. The van der Waals surface area contributed by atoms with Crippen molar-refractivity contribution in [1.29, 1.82) is 0 Å². The van der Waals surface area contributed by atoms with Crippen LogP contribution in [0.15, 0.2) is 24.3 Å². The van der Waals surface area contributed by atoms with Crippen LogP contribution in [0, 0.1) is 5.92 Å². The first-order valence-corrected chi connectivity index (χ1v) is 5.09. The van der Waals surface area contributed by atoms with Crippen LogP contribution >= 0.6 is 0 Å². The van der Waals surface area contributed by atoms with Crippen LogP contribution in [0.1, 0.15) is 26.3 Å². The molecular weight excluding hydrogens is 198 g/mol. The molecule has 0 aliphatic carbocycles. The van der Waals surface area contributed by atoms with E-state index in [0.717, 1.165) is 0 Å². The number of benzene rings is 1. The zero-order chi connectivity index (χ0) is 11.5. The van der Waals surface area contributed by atoms with E-state index in [4.69, 9.17) is 4.74 Å². The second-order valence-corrected chi connectivity index (χ2v) is 3.74. The maximum atomic E-state index is 13.6. The second-order valence-electron chi connectivity index (χ2n) is 3.74. The van der Waals surface area contributed by atoms with Gasteiger partial charge in [-0.1, -0.05) is 13.8 Å². The lowest BCUT2D eigenvalue weighted by Gasteiger charge is -2.20. The van der Waals surface area contributed by atoms with E-state index < -0.39 is 11.8 Å². The summed E-state index contributed by atoms with van der Waals surface area (Å²) in [5.74, 6) is -2.85. The van der Waals surface area contributed by atoms with Crippen LogP contribution in [0.25, 0.3) is 0 Å². The van der Waals surface area contributed by atoms with Crippen LogP contribution in [0.5, 0.6) is 5.75 Å². The Bertz CT molecular complexity index is 304.